The van der Waals surface area contributed by atoms with E-state index in [-0.39, 0.29) is 12.8 Å². The van der Waals surface area contributed by atoms with Gasteiger partial charge in [0, 0.05) is 18.3 Å². The van der Waals surface area contributed by atoms with Gasteiger partial charge in [-0.3, -0.25) is 14.4 Å². The predicted octanol–water partition coefficient (Wildman–Crippen LogP) is -2.95. The Bertz CT molecular complexity index is 954. The van der Waals surface area contributed by atoms with Crippen LogP contribution in [0.4, 0.5) is 0 Å². The Labute approximate surface area is 194 Å². The van der Waals surface area contributed by atoms with E-state index in [9.17, 15) is 24.3 Å². The van der Waals surface area contributed by atoms with Crippen molar-refractivity contribution in [3.63, 3.8) is 0 Å². The molecule has 2 aromatic rings. The quantitative estimate of drug-likeness (QED) is 0.148. The number of benzene rings is 1. The number of nitrogens with one attached hydrogen (secondary N) is 4. The smallest absolute Gasteiger partial charge is 0.328 e. The van der Waals surface area contributed by atoms with E-state index < -0.39 is 61.1 Å². The van der Waals surface area contributed by atoms with Crippen LogP contribution in [-0.4, -0.2) is 86.4 Å². The number of aromatic nitrogens is 2. The summed E-state index contributed by atoms with van der Waals surface area (Å²) in [5.41, 5.74) is 7.17. The zero-order valence-corrected chi connectivity index (χ0v) is 18.2. The number of H-pyrrole nitrogens is 1. The van der Waals surface area contributed by atoms with Crippen LogP contribution in [0, 0.1) is 0 Å². The fraction of sp³-hybridized carbons (Fsp3) is 0.381. The molecule has 0 aliphatic heterocycles. The van der Waals surface area contributed by atoms with Gasteiger partial charge in [0.05, 0.1) is 25.6 Å². The number of imidazole rings is 1. The number of carbonyl (C=O) groups excluding carboxylic acids is 3. The Morgan fingerprint density at radius 1 is 0.882 bits per heavy atom. The lowest BCUT2D eigenvalue weighted by molar-refractivity contribution is -0.143. The van der Waals surface area contributed by atoms with Gasteiger partial charge >= 0.3 is 5.97 Å². The summed E-state index contributed by atoms with van der Waals surface area (Å²) in [6, 6.07) is 3.69. The molecule has 0 fully saturated rings. The first-order valence-electron chi connectivity index (χ1n) is 10.4. The van der Waals surface area contributed by atoms with E-state index in [1.54, 1.807) is 24.3 Å². The fourth-order valence-corrected chi connectivity index (χ4v) is 2.99. The van der Waals surface area contributed by atoms with Gasteiger partial charge in [0.15, 0.2) is 0 Å². The Morgan fingerprint density at radius 3 is 2.03 bits per heavy atom. The topological polar surface area (TPSA) is 220 Å². The zero-order chi connectivity index (χ0) is 25.1. The number of carboxylic acids is 1. The van der Waals surface area contributed by atoms with Gasteiger partial charge in [-0.2, -0.15) is 0 Å². The molecule has 4 atom stereocenters. The van der Waals surface area contributed by atoms with Gasteiger partial charge in [0.25, 0.3) is 0 Å². The third-order valence-corrected chi connectivity index (χ3v) is 4.86. The molecule has 0 aliphatic carbocycles. The van der Waals surface area contributed by atoms with Crippen LogP contribution in [0.2, 0.25) is 0 Å². The molecule has 0 radical (unpaired) electrons. The van der Waals surface area contributed by atoms with Crippen molar-refractivity contribution in [3.8, 4) is 0 Å². The SMILES string of the molecule is NC(Cc1ccccc1)C(=O)NC(CO)C(=O)NC(Cc1cnc[nH]1)C(=O)NC(CO)C(=O)O. The van der Waals surface area contributed by atoms with Crippen molar-refractivity contribution >= 4 is 23.7 Å². The fourth-order valence-electron chi connectivity index (χ4n) is 2.99. The summed E-state index contributed by atoms with van der Waals surface area (Å²) < 4.78 is 0. The minimum absolute atomic E-state index is 0.102. The van der Waals surface area contributed by atoms with Gasteiger partial charge < -0.3 is 42.0 Å². The number of aliphatic carboxylic acids is 1. The van der Waals surface area contributed by atoms with E-state index in [4.69, 9.17) is 15.9 Å². The van der Waals surface area contributed by atoms with Crippen LogP contribution in [0.5, 0.6) is 0 Å². The maximum Gasteiger partial charge on any atom is 0.328 e. The molecular formula is C21H28N6O7. The van der Waals surface area contributed by atoms with Crippen LogP contribution >= 0.6 is 0 Å². The zero-order valence-electron chi connectivity index (χ0n) is 18.2. The predicted molar refractivity (Wildman–Crippen MR) is 118 cm³/mol. The van der Waals surface area contributed by atoms with Crippen LogP contribution < -0.4 is 21.7 Å². The highest BCUT2D eigenvalue weighted by atomic mass is 16.4. The number of amides is 3. The van der Waals surface area contributed by atoms with E-state index in [0.717, 1.165) is 5.56 Å². The molecule has 1 aromatic heterocycles. The van der Waals surface area contributed by atoms with E-state index in [1.165, 1.54) is 12.5 Å². The molecule has 0 bridgehead atoms. The highest BCUT2D eigenvalue weighted by Crippen LogP contribution is 2.04. The molecule has 1 heterocycles. The van der Waals surface area contributed by atoms with E-state index in [2.05, 4.69) is 25.9 Å². The van der Waals surface area contributed by atoms with Gasteiger partial charge in [-0.05, 0) is 12.0 Å². The average Bonchev–Trinajstić information content (AvgIpc) is 3.33. The standard InChI is InChI=1S/C21H28N6O7/c22-14(6-12-4-2-1-3-5-12)18(30)26-16(9-28)20(32)25-15(7-13-8-23-11-24-13)19(31)27-17(10-29)21(33)34/h1-5,8,11,14-17,28-29H,6-7,9-10,22H2,(H,23,24)(H,25,32)(H,26,30)(H,27,31)(H,33,34). The van der Waals surface area contributed by atoms with Gasteiger partial charge in [-0.1, -0.05) is 30.3 Å². The van der Waals surface area contributed by atoms with Crippen molar-refractivity contribution < 1.29 is 34.5 Å². The van der Waals surface area contributed by atoms with Crippen molar-refractivity contribution in [2.75, 3.05) is 13.2 Å². The van der Waals surface area contributed by atoms with Gasteiger partial charge in [0.2, 0.25) is 17.7 Å². The molecule has 0 saturated heterocycles. The Hall–Kier alpha value is -3.81. The first kappa shape index (κ1) is 26.4. The van der Waals surface area contributed by atoms with Crippen LogP contribution in [0.1, 0.15) is 11.3 Å². The Morgan fingerprint density at radius 2 is 1.47 bits per heavy atom. The van der Waals surface area contributed by atoms with Crippen LogP contribution in [0.15, 0.2) is 42.9 Å². The number of carbonyl (C=O) groups is 4. The number of nitrogens with zero attached hydrogens (tertiary/aromatic N) is 1. The number of rotatable bonds is 13. The summed E-state index contributed by atoms with van der Waals surface area (Å²) in [6.45, 7) is -1.64. The number of nitrogens with two attached hydrogens (primary N) is 1. The molecular weight excluding hydrogens is 448 g/mol. The summed E-state index contributed by atoms with van der Waals surface area (Å²) in [5.74, 6) is -3.93. The van der Waals surface area contributed by atoms with Gasteiger partial charge in [-0.15, -0.1) is 0 Å². The molecule has 0 saturated carbocycles. The largest absolute Gasteiger partial charge is 0.480 e. The van der Waals surface area contributed by atoms with E-state index in [1.807, 2.05) is 6.07 Å². The molecule has 9 N–H and O–H groups in total. The normalized spacial score (nSPS) is 14.3. The minimum Gasteiger partial charge on any atom is -0.480 e. The lowest BCUT2D eigenvalue weighted by Crippen LogP contribution is -2.59. The number of carboxylic acid groups (broad SMARTS) is 1. The number of hydrogen-bond acceptors (Lipinski definition) is 8. The maximum absolute atomic E-state index is 12.7. The average molecular weight is 476 g/mol. The minimum atomic E-state index is -1.59. The van der Waals surface area contributed by atoms with Gasteiger partial charge in [0.1, 0.15) is 18.1 Å². The Balaban J connectivity index is 2.05. The first-order valence-corrected chi connectivity index (χ1v) is 10.4. The van der Waals surface area contributed by atoms with Crippen LogP contribution in [0.3, 0.4) is 0 Å². The summed E-state index contributed by atoms with van der Waals surface area (Å²) in [5, 5.41) is 34.7. The molecule has 184 valence electrons. The van der Waals surface area contributed by atoms with Crippen molar-refractivity contribution in [3.05, 3.63) is 54.1 Å². The summed E-state index contributed by atoms with van der Waals surface area (Å²) in [6.07, 6.45) is 2.86. The molecule has 1 aromatic carbocycles. The van der Waals surface area contributed by atoms with Crippen LogP contribution in [0.25, 0.3) is 0 Å². The maximum atomic E-state index is 12.7. The molecule has 13 heteroatoms. The Kier molecular flexibility index (Phi) is 10.1. The third kappa shape index (κ3) is 7.95. The number of aliphatic hydroxyl groups is 2. The first-order chi connectivity index (χ1) is 16.2. The summed E-state index contributed by atoms with van der Waals surface area (Å²) in [4.78, 5) is 55.5. The summed E-state index contributed by atoms with van der Waals surface area (Å²) in [7, 11) is 0. The van der Waals surface area contributed by atoms with Crippen molar-refractivity contribution in [2.45, 2.75) is 37.0 Å². The highest BCUT2D eigenvalue weighted by molar-refractivity contribution is 5.94. The molecule has 13 nitrogen and oxygen atoms in total. The summed E-state index contributed by atoms with van der Waals surface area (Å²) >= 11 is 0. The number of aromatic amines is 1. The van der Waals surface area contributed by atoms with Crippen molar-refractivity contribution in [1.29, 1.82) is 0 Å². The molecule has 2 rings (SSSR count). The number of hydrogen-bond donors (Lipinski definition) is 8. The van der Waals surface area contributed by atoms with Gasteiger partial charge in [-0.25, -0.2) is 9.78 Å². The monoisotopic (exact) mass is 476 g/mol. The second-order valence-corrected chi connectivity index (χ2v) is 7.46. The highest BCUT2D eigenvalue weighted by Gasteiger charge is 2.30. The molecule has 0 aliphatic rings. The molecule has 34 heavy (non-hydrogen) atoms. The molecule has 3 amide bonds. The van der Waals surface area contributed by atoms with Crippen molar-refractivity contribution in [1.82, 2.24) is 25.9 Å². The third-order valence-electron chi connectivity index (χ3n) is 4.86. The van der Waals surface area contributed by atoms with E-state index >= 15 is 0 Å². The molecule has 0 spiro atoms. The number of aliphatic hydroxyl groups excluding tert-OH is 2. The molecule has 4 unspecified atom stereocenters. The second kappa shape index (κ2) is 13.0. The van der Waals surface area contributed by atoms with E-state index in [0.29, 0.717) is 5.69 Å². The van der Waals surface area contributed by atoms with Crippen LogP contribution in [-0.2, 0) is 32.0 Å². The lowest BCUT2D eigenvalue weighted by Gasteiger charge is -2.24. The lowest BCUT2D eigenvalue weighted by atomic mass is 10.1. The second-order valence-electron chi connectivity index (χ2n) is 7.46. The van der Waals surface area contributed by atoms with Crippen molar-refractivity contribution in [2.24, 2.45) is 5.73 Å².